The van der Waals surface area contributed by atoms with Crippen molar-refractivity contribution in [2.75, 3.05) is 20.1 Å². The van der Waals surface area contributed by atoms with Crippen molar-refractivity contribution in [3.05, 3.63) is 34.9 Å². The lowest BCUT2D eigenvalue weighted by Crippen LogP contribution is -2.39. The Bertz CT molecular complexity index is 567. The molecule has 25 heavy (non-hydrogen) atoms. The summed E-state index contributed by atoms with van der Waals surface area (Å²) in [5, 5.41) is 7.12. The van der Waals surface area contributed by atoms with Crippen LogP contribution >= 0.6 is 11.6 Å². The fourth-order valence-corrected chi connectivity index (χ4v) is 3.17. The minimum Gasteiger partial charge on any atom is -0.357 e. The third kappa shape index (κ3) is 6.94. The average Bonchev–Trinajstić information content (AvgIpc) is 3.09. The second kappa shape index (κ2) is 10.3. The Hall–Kier alpha value is -1.75. The first-order valence-corrected chi connectivity index (χ1v) is 9.49. The first-order valence-electron chi connectivity index (χ1n) is 9.11. The lowest BCUT2D eigenvalue weighted by Gasteiger charge is -2.22. The number of halogens is 1. The van der Waals surface area contributed by atoms with Crippen LogP contribution in [0.5, 0.6) is 0 Å². The van der Waals surface area contributed by atoms with Crippen molar-refractivity contribution >= 4 is 23.5 Å². The SMILES string of the molecule is CCNC(=NCCC(=O)NC1CCCC1)N(C)Cc1ccc(Cl)cc1. The van der Waals surface area contributed by atoms with Gasteiger partial charge in [0.15, 0.2) is 5.96 Å². The number of carbonyl (C=O) groups excluding carboxylic acids is 1. The Morgan fingerprint density at radius 1 is 1.28 bits per heavy atom. The van der Waals surface area contributed by atoms with Crippen molar-refractivity contribution in [2.24, 2.45) is 4.99 Å². The molecule has 1 aromatic rings. The van der Waals surface area contributed by atoms with Gasteiger partial charge in [0.05, 0.1) is 6.54 Å². The van der Waals surface area contributed by atoms with E-state index in [9.17, 15) is 4.79 Å². The molecule has 5 nitrogen and oxygen atoms in total. The molecule has 1 saturated carbocycles. The number of carbonyl (C=O) groups is 1. The highest BCUT2D eigenvalue weighted by atomic mass is 35.5. The first-order chi connectivity index (χ1) is 12.1. The Labute approximate surface area is 155 Å². The molecule has 1 aliphatic carbocycles. The number of benzene rings is 1. The lowest BCUT2D eigenvalue weighted by atomic mass is 10.2. The van der Waals surface area contributed by atoms with Gasteiger partial charge in [-0.2, -0.15) is 0 Å². The number of guanidine groups is 1. The number of rotatable bonds is 7. The average molecular weight is 365 g/mol. The Morgan fingerprint density at radius 2 is 1.96 bits per heavy atom. The van der Waals surface area contributed by atoms with Crippen molar-refractivity contribution in [3.8, 4) is 0 Å². The Morgan fingerprint density at radius 3 is 2.60 bits per heavy atom. The molecule has 0 atom stereocenters. The van der Waals surface area contributed by atoms with Gasteiger partial charge in [0.25, 0.3) is 0 Å². The standard InChI is InChI=1S/C19H29ClN4O/c1-3-21-19(24(2)14-15-8-10-16(20)11-9-15)22-13-12-18(25)23-17-6-4-5-7-17/h8-11,17H,3-7,12-14H2,1-2H3,(H,21,22)(H,23,25). The summed E-state index contributed by atoms with van der Waals surface area (Å²) >= 11 is 5.93. The topological polar surface area (TPSA) is 56.7 Å². The van der Waals surface area contributed by atoms with Crippen LogP contribution in [-0.2, 0) is 11.3 Å². The number of aliphatic imine (C=N–C) groups is 1. The molecule has 0 bridgehead atoms. The van der Waals surface area contributed by atoms with Crippen LogP contribution in [0.3, 0.4) is 0 Å². The van der Waals surface area contributed by atoms with Crippen LogP contribution in [0.25, 0.3) is 0 Å². The van der Waals surface area contributed by atoms with E-state index in [2.05, 4.69) is 20.5 Å². The fourth-order valence-electron chi connectivity index (χ4n) is 3.04. The maximum Gasteiger partial charge on any atom is 0.222 e. The van der Waals surface area contributed by atoms with E-state index in [0.29, 0.717) is 19.0 Å². The van der Waals surface area contributed by atoms with Gasteiger partial charge < -0.3 is 15.5 Å². The number of hydrogen-bond acceptors (Lipinski definition) is 2. The van der Waals surface area contributed by atoms with Crippen molar-refractivity contribution < 1.29 is 4.79 Å². The zero-order valence-electron chi connectivity index (χ0n) is 15.2. The van der Waals surface area contributed by atoms with E-state index in [1.165, 1.54) is 12.8 Å². The molecule has 1 amide bonds. The maximum atomic E-state index is 12.0. The molecule has 1 aliphatic rings. The van der Waals surface area contributed by atoms with E-state index >= 15 is 0 Å². The Balaban J connectivity index is 1.83. The predicted octanol–water partition coefficient (Wildman–Crippen LogP) is 3.19. The van der Waals surface area contributed by atoms with Crippen LogP contribution in [-0.4, -0.2) is 42.9 Å². The van der Waals surface area contributed by atoms with Gasteiger partial charge in [-0.15, -0.1) is 0 Å². The molecule has 0 heterocycles. The van der Waals surface area contributed by atoms with Crippen molar-refractivity contribution in [1.82, 2.24) is 15.5 Å². The van der Waals surface area contributed by atoms with E-state index in [4.69, 9.17) is 11.6 Å². The van der Waals surface area contributed by atoms with E-state index in [-0.39, 0.29) is 5.91 Å². The fraction of sp³-hybridized carbons (Fsp3) is 0.579. The zero-order chi connectivity index (χ0) is 18.1. The molecule has 0 radical (unpaired) electrons. The number of hydrogen-bond donors (Lipinski definition) is 2. The largest absolute Gasteiger partial charge is 0.357 e. The molecule has 1 fully saturated rings. The molecular weight excluding hydrogens is 336 g/mol. The van der Waals surface area contributed by atoms with Crippen LogP contribution in [0, 0.1) is 0 Å². The summed E-state index contributed by atoms with van der Waals surface area (Å²) in [5.74, 6) is 0.915. The second-order valence-corrected chi connectivity index (χ2v) is 6.95. The summed E-state index contributed by atoms with van der Waals surface area (Å²) in [6.07, 6.45) is 5.11. The summed E-state index contributed by atoms with van der Waals surface area (Å²) in [7, 11) is 1.99. The van der Waals surface area contributed by atoms with Gasteiger partial charge in [-0.05, 0) is 37.5 Å². The van der Waals surface area contributed by atoms with Crippen LogP contribution in [0.2, 0.25) is 5.02 Å². The highest BCUT2D eigenvalue weighted by molar-refractivity contribution is 6.30. The number of amides is 1. The lowest BCUT2D eigenvalue weighted by molar-refractivity contribution is -0.121. The minimum absolute atomic E-state index is 0.104. The smallest absolute Gasteiger partial charge is 0.222 e. The Kier molecular flexibility index (Phi) is 8.06. The van der Waals surface area contributed by atoms with Gasteiger partial charge in [0.2, 0.25) is 5.91 Å². The number of nitrogens with zero attached hydrogens (tertiary/aromatic N) is 2. The molecule has 0 aromatic heterocycles. The van der Waals surface area contributed by atoms with Crippen molar-refractivity contribution in [3.63, 3.8) is 0 Å². The molecule has 0 unspecified atom stereocenters. The predicted molar refractivity (Wildman–Crippen MR) is 104 cm³/mol. The van der Waals surface area contributed by atoms with Gasteiger partial charge in [-0.25, -0.2) is 0 Å². The summed E-state index contributed by atoms with van der Waals surface area (Å²) in [6.45, 7) is 4.06. The molecule has 0 saturated heterocycles. The van der Waals surface area contributed by atoms with E-state index in [1.54, 1.807) is 0 Å². The normalized spacial score (nSPS) is 15.2. The molecular formula is C19H29ClN4O. The van der Waals surface area contributed by atoms with E-state index in [1.807, 2.05) is 38.2 Å². The number of nitrogens with one attached hydrogen (secondary N) is 2. The van der Waals surface area contributed by atoms with Crippen molar-refractivity contribution in [1.29, 1.82) is 0 Å². The second-order valence-electron chi connectivity index (χ2n) is 6.52. The molecule has 138 valence electrons. The molecule has 0 spiro atoms. The monoisotopic (exact) mass is 364 g/mol. The third-order valence-electron chi connectivity index (χ3n) is 4.35. The van der Waals surface area contributed by atoms with Crippen molar-refractivity contribution in [2.45, 2.75) is 51.6 Å². The molecule has 0 aliphatic heterocycles. The van der Waals surface area contributed by atoms with Crippen LogP contribution in [0.4, 0.5) is 0 Å². The summed E-state index contributed by atoms with van der Waals surface area (Å²) in [4.78, 5) is 18.6. The van der Waals surface area contributed by atoms with Gasteiger partial charge in [0, 0.05) is 37.6 Å². The van der Waals surface area contributed by atoms with Crippen LogP contribution in [0.15, 0.2) is 29.3 Å². The molecule has 6 heteroatoms. The molecule has 1 aromatic carbocycles. The van der Waals surface area contributed by atoms with Gasteiger partial charge >= 0.3 is 0 Å². The van der Waals surface area contributed by atoms with Gasteiger partial charge in [0.1, 0.15) is 0 Å². The first kappa shape index (κ1) is 19.6. The maximum absolute atomic E-state index is 12.0. The van der Waals surface area contributed by atoms with Crippen LogP contribution in [0.1, 0.15) is 44.6 Å². The van der Waals surface area contributed by atoms with E-state index in [0.717, 1.165) is 42.5 Å². The van der Waals surface area contributed by atoms with E-state index < -0.39 is 0 Å². The quantitative estimate of drug-likeness (QED) is 0.577. The summed E-state index contributed by atoms with van der Waals surface area (Å²) < 4.78 is 0. The minimum atomic E-state index is 0.104. The van der Waals surface area contributed by atoms with Gasteiger partial charge in [-0.1, -0.05) is 36.6 Å². The highest BCUT2D eigenvalue weighted by Gasteiger charge is 2.16. The molecule has 2 N–H and O–H groups in total. The summed E-state index contributed by atoms with van der Waals surface area (Å²) in [6, 6.07) is 8.18. The zero-order valence-corrected chi connectivity index (χ0v) is 16.0. The van der Waals surface area contributed by atoms with Gasteiger partial charge in [-0.3, -0.25) is 9.79 Å². The third-order valence-corrected chi connectivity index (χ3v) is 4.60. The molecule has 2 rings (SSSR count). The summed E-state index contributed by atoms with van der Waals surface area (Å²) in [5.41, 5.74) is 1.16. The van der Waals surface area contributed by atoms with Crippen LogP contribution < -0.4 is 10.6 Å². The highest BCUT2D eigenvalue weighted by Crippen LogP contribution is 2.17.